The van der Waals surface area contributed by atoms with Crippen LogP contribution in [-0.2, 0) is 21.1 Å². The molecule has 0 radical (unpaired) electrons. The van der Waals surface area contributed by atoms with Crippen molar-refractivity contribution in [2.75, 3.05) is 14.2 Å². The van der Waals surface area contributed by atoms with Crippen LogP contribution in [0.3, 0.4) is 0 Å². The number of rotatable bonds is 7. The molecular weight excluding hydrogens is 298 g/mol. The van der Waals surface area contributed by atoms with Crippen LogP contribution in [0, 0.1) is 0 Å². The minimum absolute atomic E-state index is 0.158. The highest BCUT2D eigenvalue weighted by atomic mass is 16.6. The van der Waals surface area contributed by atoms with E-state index in [9.17, 15) is 4.79 Å². The minimum atomic E-state index is -0.356. The molecule has 0 bridgehead atoms. The molecular formula is C15H21N5O3. The SMILES string of the molecule is CNC(=O)/C(=N/OC)c1ccccc1CO/N=C(C)/C(C)=N/N. The maximum absolute atomic E-state index is 11.9. The van der Waals surface area contributed by atoms with Gasteiger partial charge in [0.25, 0.3) is 5.91 Å². The molecule has 0 saturated heterocycles. The number of carbonyl (C=O) groups excluding carboxylic acids is 1. The summed E-state index contributed by atoms with van der Waals surface area (Å²) in [5.74, 6) is 4.82. The monoisotopic (exact) mass is 319 g/mol. The third-order valence-electron chi connectivity index (χ3n) is 3.04. The molecule has 23 heavy (non-hydrogen) atoms. The van der Waals surface area contributed by atoms with Crippen LogP contribution in [0.2, 0.25) is 0 Å². The highest BCUT2D eigenvalue weighted by Gasteiger charge is 2.17. The Hall–Kier alpha value is -2.90. The Labute approximate surface area is 135 Å². The Kier molecular flexibility index (Phi) is 7.25. The van der Waals surface area contributed by atoms with E-state index in [4.69, 9.17) is 15.5 Å². The largest absolute Gasteiger partial charge is 0.398 e. The van der Waals surface area contributed by atoms with Crippen molar-refractivity contribution in [3.8, 4) is 0 Å². The fourth-order valence-electron chi connectivity index (χ4n) is 1.66. The Morgan fingerprint density at radius 2 is 1.91 bits per heavy atom. The smallest absolute Gasteiger partial charge is 0.273 e. The van der Waals surface area contributed by atoms with Crippen molar-refractivity contribution in [3.63, 3.8) is 0 Å². The highest BCUT2D eigenvalue weighted by molar-refractivity contribution is 6.45. The number of nitrogens with one attached hydrogen (secondary N) is 1. The molecule has 8 heteroatoms. The lowest BCUT2D eigenvalue weighted by atomic mass is 10.0. The van der Waals surface area contributed by atoms with Gasteiger partial charge in [0.1, 0.15) is 13.7 Å². The Balaban J connectivity index is 3.02. The van der Waals surface area contributed by atoms with Crippen LogP contribution in [0.1, 0.15) is 25.0 Å². The minimum Gasteiger partial charge on any atom is -0.398 e. The Morgan fingerprint density at radius 3 is 2.52 bits per heavy atom. The number of hydrogen-bond donors (Lipinski definition) is 2. The normalized spacial score (nSPS) is 12.8. The van der Waals surface area contributed by atoms with Gasteiger partial charge < -0.3 is 20.8 Å². The van der Waals surface area contributed by atoms with E-state index in [0.717, 1.165) is 5.56 Å². The van der Waals surface area contributed by atoms with Crippen molar-refractivity contribution in [1.82, 2.24) is 5.32 Å². The van der Waals surface area contributed by atoms with Crippen LogP contribution in [0.4, 0.5) is 0 Å². The second kappa shape index (κ2) is 9.19. The molecule has 0 saturated carbocycles. The van der Waals surface area contributed by atoms with Gasteiger partial charge in [-0.25, -0.2) is 0 Å². The number of hydrogen-bond acceptors (Lipinski definition) is 7. The van der Waals surface area contributed by atoms with Gasteiger partial charge in [0.05, 0.1) is 11.4 Å². The number of nitrogens with zero attached hydrogens (tertiary/aromatic N) is 3. The number of hydrazone groups is 1. The molecule has 0 aliphatic heterocycles. The predicted molar refractivity (Wildman–Crippen MR) is 89.2 cm³/mol. The lowest BCUT2D eigenvalue weighted by Gasteiger charge is -2.10. The van der Waals surface area contributed by atoms with Crippen LogP contribution in [0.5, 0.6) is 0 Å². The van der Waals surface area contributed by atoms with Gasteiger partial charge in [0.2, 0.25) is 0 Å². The standard InChI is InChI=1S/C15H21N5O3/c1-10(18-16)11(2)19-23-9-12-7-5-6-8-13(12)14(20-22-4)15(21)17-3/h5-8H,9,16H2,1-4H3,(H,17,21)/b18-10+,19-11+,20-14+. The molecule has 1 aromatic carbocycles. The molecule has 124 valence electrons. The molecule has 0 aliphatic carbocycles. The average Bonchev–Trinajstić information content (AvgIpc) is 2.58. The second-order valence-electron chi connectivity index (χ2n) is 4.52. The van der Waals surface area contributed by atoms with E-state index in [-0.39, 0.29) is 18.2 Å². The number of amides is 1. The van der Waals surface area contributed by atoms with E-state index >= 15 is 0 Å². The lowest BCUT2D eigenvalue weighted by molar-refractivity contribution is -0.114. The van der Waals surface area contributed by atoms with E-state index in [1.807, 2.05) is 12.1 Å². The number of carbonyl (C=O) groups is 1. The number of likely N-dealkylation sites (N-methyl/N-ethyl adjacent to an activating group) is 1. The van der Waals surface area contributed by atoms with Gasteiger partial charge in [0, 0.05) is 18.2 Å². The van der Waals surface area contributed by atoms with Crippen molar-refractivity contribution in [1.29, 1.82) is 0 Å². The molecule has 0 spiro atoms. The summed E-state index contributed by atoms with van der Waals surface area (Å²) in [5, 5.41) is 13.8. The first kappa shape index (κ1) is 18.1. The van der Waals surface area contributed by atoms with Crippen LogP contribution < -0.4 is 11.2 Å². The molecule has 3 N–H and O–H groups in total. The summed E-state index contributed by atoms with van der Waals surface area (Å²) < 4.78 is 0. The summed E-state index contributed by atoms with van der Waals surface area (Å²) in [6.07, 6.45) is 0. The maximum Gasteiger partial charge on any atom is 0.273 e. The Bertz CT molecular complexity index is 638. The van der Waals surface area contributed by atoms with Gasteiger partial charge in [-0.1, -0.05) is 34.6 Å². The molecule has 0 unspecified atom stereocenters. The van der Waals surface area contributed by atoms with E-state index in [2.05, 4.69) is 20.7 Å². The highest BCUT2D eigenvalue weighted by Crippen LogP contribution is 2.12. The van der Waals surface area contributed by atoms with Gasteiger partial charge in [-0.05, 0) is 13.8 Å². The summed E-state index contributed by atoms with van der Waals surface area (Å²) in [5.41, 5.74) is 2.65. The van der Waals surface area contributed by atoms with Gasteiger partial charge in [-0.3, -0.25) is 4.79 Å². The van der Waals surface area contributed by atoms with Crippen molar-refractivity contribution in [2.24, 2.45) is 21.3 Å². The summed E-state index contributed by atoms with van der Waals surface area (Å²) in [7, 11) is 2.90. The topological polar surface area (TPSA) is 111 Å². The third kappa shape index (κ3) is 5.10. The molecule has 0 fully saturated rings. The molecule has 8 nitrogen and oxygen atoms in total. The molecule has 0 aromatic heterocycles. The third-order valence-corrected chi connectivity index (χ3v) is 3.04. The Morgan fingerprint density at radius 1 is 1.22 bits per heavy atom. The molecule has 0 atom stereocenters. The van der Waals surface area contributed by atoms with E-state index in [1.165, 1.54) is 14.2 Å². The first-order chi connectivity index (χ1) is 11.0. The zero-order chi connectivity index (χ0) is 17.2. The molecule has 1 aromatic rings. The van der Waals surface area contributed by atoms with Crippen molar-refractivity contribution in [3.05, 3.63) is 35.4 Å². The van der Waals surface area contributed by atoms with Gasteiger partial charge in [-0.15, -0.1) is 0 Å². The number of nitrogens with two attached hydrogens (primary N) is 1. The summed E-state index contributed by atoms with van der Waals surface area (Å²) in [6, 6.07) is 7.21. The first-order valence-electron chi connectivity index (χ1n) is 6.88. The van der Waals surface area contributed by atoms with E-state index < -0.39 is 0 Å². The predicted octanol–water partition coefficient (Wildman–Crippen LogP) is 1.01. The molecule has 0 aliphatic rings. The molecule has 1 rings (SSSR count). The zero-order valence-corrected chi connectivity index (χ0v) is 13.7. The summed E-state index contributed by atoms with van der Waals surface area (Å²) in [4.78, 5) is 22.0. The molecule has 1 amide bonds. The quantitative estimate of drug-likeness (QED) is 0.444. The van der Waals surface area contributed by atoms with Crippen LogP contribution >= 0.6 is 0 Å². The summed E-state index contributed by atoms with van der Waals surface area (Å²) >= 11 is 0. The van der Waals surface area contributed by atoms with Crippen LogP contribution in [0.15, 0.2) is 39.7 Å². The van der Waals surface area contributed by atoms with Gasteiger partial charge in [-0.2, -0.15) is 5.10 Å². The van der Waals surface area contributed by atoms with Crippen molar-refractivity contribution < 1.29 is 14.5 Å². The van der Waals surface area contributed by atoms with Gasteiger partial charge in [0.15, 0.2) is 5.71 Å². The van der Waals surface area contributed by atoms with E-state index in [0.29, 0.717) is 17.0 Å². The fraction of sp³-hybridized carbons (Fsp3) is 0.333. The molecule has 0 heterocycles. The van der Waals surface area contributed by atoms with Crippen molar-refractivity contribution in [2.45, 2.75) is 20.5 Å². The first-order valence-corrected chi connectivity index (χ1v) is 6.88. The summed E-state index contributed by atoms with van der Waals surface area (Å²) in [6.45, 7) is 3.62. The second-order valence-corrected chi connectivity index (χ2v) is 4.52. The van der Waals surface area contributed by atoms with E-state index in [1.54, 1.807) is 26.0 Å². The average molecular weight is 319 g/mol. The zero-order valence-electron chi connectivity index (χ0n) is 13.7. The maximum atomic E-state index is 11.9. The van der Waals surface area contributed by atoms with Gasteiger partial charge >= 0.3 is 0 Å². The van der Waals surface area contributed by atoms with Crippen LogP contribution in [0.25, 0.3) is 0 Å². The fourth-order valence-corrected chi connectivity index (χ4v) is 1.66. The lowest BCUT2D eigenvalue weighted by Crippen LogP contribution is -2.29. The number of benzene rings is 1. The van der Waals surface area contributed by atoms with Crippen LogP contribution in [-0.4, -0.2) is 37.2 Å². The number of oxime groups is 2. The van der Waals surface area contributed by atoms with Crippen molar-refractivity contribution >= 4 is 23.0 Å².